The molecule has 0 saturated carbocycles. The highest BCUT2D eigenvalue weighted by Crippen LogP contribution is 2.29. The van der Waals surface area contributed by atoms with Gasteiger partial charge in [0.15, 0.2) is 11.6 Å². The molecule has 1 aliphatic rings. The zero-order chi connectivity index (χ0) is 16.5. The number of hydrogen-bond acceptors (Lipinski definition) is 3. The summed E-state index contributed by atoms with van der Waals surface area (Å²) in [5, 5.41) is 3.80. The number of nitrogens with one attached hydrogen (secondary N) is 2. The molecule has 2 N–H and O–H groups in total. The first-order valence-electron chi connectivity index (χ1n) is 7.97. The highest BCUT2D eigenvalue weighted by molar-refractivity contribution is 5.94. The predicted molar refractivity (Wildman–Crippen MR) is 88.5 cm³/mol. The molecule has 1 aliphatic heterocycles. The van der Waals surface area contributed by atoms with Crippen molar-refractivity contribution >= 4 is 22.3 Å². The van der Waals surface area contributed by atoms with E-state index < -0.39 is 11.6 Å². The molecular weight excluding hydrogens is 312 g/mol. The van der Waals surface area contributed by atoms with E-state index >= 15 is 0 Å². The number of aromatic amines is 1. The van der Waals surface area contributed by atoms with Crippen molar-refractivity contribution in [1.82, 2.24) is 9.97 Å². The van der Waals surface area contributed by atoms with Gasteiger partial charge in [-0.2, -0.15) is 0 Å². The Kier molecular flexibility index (Phi) is 3.90. The van der Waals surface area contributed by atoms with Gasteiger partial charge in [-0.15, -0.1) is 0 Å². The smallest absolute Gasteiger partial charge is 0.160 e. The molecule has 3 aromatic rings. The van der Waals surface area contributed by atoms with Crippen LogP contribution < -0.4 is 5.32 Å². The normalized spacial score (nSPS) is 15.8. The van der Waals surface area contributed by atoms with Gasteiger partial charge in [0.2, 0.25) is 0 Å². The largest absolute Gasteiger partial charge is 0.381 e. The van der Waals surface area contributed by atoms with Crippen molar-refractivity contribution < 1.29 is 13.5 Å². The van der Waals surface area contributed by atoms with Gasteiger partial charge in [-0.3, -0.25) is 4.98 Å². The molecule has 1 aromatic carbocycles. The SMILES string of the molecule is Fc1cc2[nH]cc(Nc3ccc(C4CCOCC4)nc3)c2cc1F. The highest BCUT2D eigenvalue weighted by atomic mass is 19.2. The Morgan fingerprint density at radius 3 is 2.67 bits per heavy atom. The quantitative estimate of drug-likeness (QED) is 0.745. The molecule has 0 atom stereocenters. The van der Waals surface area contributed by atoms with Crippen LogP contribution in [0.25, 0.3) is 10.9 Å². The van der Waals surface area contributed by atoms with Crippen LogP contribution in [0.1, 0.15) is 24.5 Å². The number of H-pyrrole nitrogens is 1. The summed E-state index contributed by atoms with van der Waals surface area (Å²) in [5.41, 5.74) is 3.10. The van der Waals surface area contributed by atoms with Crippen LogP contribution in [0.5, 0.6) is 0 Å². The van der Waals surface area contributed by atoms with E-state index in [0.29, 0.717) is 22.5 Å². The molecular formula is C18H17F2N3O. The van der Waals surface area contributed by atoms with Crippen LogP contribution in [0.15, 0.2) is 36.7 Å². The molecule has 4 rings (SSSR count). The van der Waals surface area contributed by atoms with Crippen molar-refractivity contribution in [3.05, 3.63) is 54.0 Å². The first-order chi connectivity index (χ1) is 11.7. The van der Waals surface area contributed by atoms with Crippen LogP contribution in [-0.4, -0.2) is 23.2 Å². The highest BCUT2D eigenvalue weighted by Gasteiger charge is 2.17. The topological polar surface area (TPSA) is 49.9 Å². The number of ether oxygens (including phenoxy) is 1. The van der Waals surface area contributed by atoms with E-state index in [2.05, 4.69) is 15.3 Å². The minimum Gasteiger partial charge on any atom is -0.381 e. The Morgan fingerprint density at radius 1 is 1.12 bits per heavy atom. The van der Waals surface area contributed by atoms with Gasteiger partial charge in [0.25, 0.3) is 0 Å². The third-order valence-electron chi connectivity index (χ3n) is 4.43. The Morgan fingerprint density at radius 2 is 1.92 bits per heavy atom. The van der Waals surface area contributed by atoms with Crippen LogP contribution in [0.4, 0.5) is 20.2 Å². The molecule has 0 spiro atoms. The van der Waals surface area contributed by atoms with Crippen molar-refractivity contribution in [2.45, 2.75) is 18.8 Å². The van der Waals surface area contributed by atoms with Crippen LogP contribution in [-0.2, 0) is 4.74 Å². The Labute approximate surface area is 137 Å². The molecule has 4 nitrogen and oxygen atoms in total. The van der Waals surface area contributed by atoms with Gasteiger partial charge in [-0.05, 0) is 31.0 Å². The second-order valence-corrected chi connectivity index (χ2v) is 6.00. The van der Waals surface area contributed by atoms with Gasteiger partial charge in [-0.25, -0.2) is 8.78 Å². The maximum atomic E-state index is 13.5. The number of rotatable bonds is 3. The molecule has 0 unspecified atom stereocenters. The fourth-order valence-electron chi connectivity index (χ4n) is 3.09. The fourth-order valence-corrected chi connectivity index (χ4v) is 3.09. The molecule has 0 amide bonds. The number of pyridine rings is 1. The summed E-state index contributed by atoms with van der Waals surface area (Å²) in [4.78, 5) is 7.47. The van der Waals surface area contributed by atoms with E-state index in [1.807, 2.05) is 12.1 Å². The molecule has 0 aliphatic carbocycles. The zero-order valence-electron chi connectivity index (χ0n) is 13.0. The third kappa shape index (κ3) is 2.85. The van der Waals surface area contributed by atoms with E-state index in [1.54, 1.807) is 12.4 Å². The number of benzene rings is 1. The van der Waals surface area contributed by atoms with Gasteiger partial charge >= 0.3 is 0 Å². The molecule has 124 valence electrons. The summed E-state index contributed by atoms with van der Waals surface area (Å²) < 4.78 is 32.1. The van der Waals surface area contributed by atoms with Crippen molar-refractivity contribution in [2.24, 2.45) is 0 Å². The van der Waals surface area contributed by atoms with Crippen molar-refractivity contribution in [2.75, 3.05) is 18.5 Å². The van der Waals surface area contributed by atoms with Gasteiger partial charge in [-0.1, -0.05) is 0 Å². The lowest BCUT2D eigenvalue weighted by molar-refractivity contribution is 0.0845. The number of halogens is 2. The lowest BCUT2D eigenvalue weighted by atomic mass is 9.96. The van der Waals surface area contributed by atoms with Gasteiger partial charge < -0.3 is 15.0 Å². The molecule has 1 saturated heterocycles. The number of anilines is 2. The number of nitrogens with zero attached hydrogens (tertiary/aromatic N) is 1. The summed E-state index contributed by atoms with van der Waals surface area (Å²) in [6.45, 7) is 1.56. The Bertz CT molecular complexity index is 855. The van der Waals surface area contributed by atoms with Gasteiger partial charge in [0, 0.05) is 42.5 Å². The molecule has 3 heterocycles. The monoisotopic (exact) mass is 329 g/mol. The number of aromatic nitrogens is 2. The molecule has 6 heteroatoms. The average Bonchev–Trinajstić information content (AvgIpc) is 2.99. The lowest BCUT2D eigenvalue weighted by Crippen LogP contribution is -2.15. The summed E-state index contributed by atoms with van der Waals surface area (Å²) in [7, 11) is 0. The van der Waals surface area contributed by atoms with Gasteiger partial charge in [0.05, 0.1) is 23.1 Å². The third-order valence-corrected chi connectivity index (χ3v) is 4.43. The van der Waals surface area contributed by atoms with Crippen molar-refractivity contribution in [3.8, 4) is 0 Å². The second-order valence-electron chi connectivity index (χ2n) is 6.00. The van der Waals surface area contributed by atoms with E-state index in [-0.39, 0.29) is 0 Å². The summed E-state index contributed by atoms with van der Waals surface area (Å²) in [5.74, 6) is -1.28. The number of hydrogen-bond donors (Lipinski definition) is 2. The molecule has 1 fully saturated rings. The minimum absolute atomic E-state index is 0.443. The lowest BCUT2D eigenvalue weighted by Gasteiger charge is -2.21. The summed E-state index contributed by atoms with van der Waals surface area (Å²) in [6, 6.07) is 6.31. The standard InChI is InChI=1S/C18H17F2N3O/c19-14-7-13-17(8-15(14)20)22-10-18(13)23-12-1-2-16(21-9-12)11-3-5-24-6-4-11/h1-2,7-11,22-23H,3-6H2. The summed E-state index contributed by atoms with van der Waals surface area (Å²) >= 11 is 0. The first-order valence-corrected chi connectivity index (χ1v) is 7.97. The van der Waals surface area contributed by atoms with Crippen LogP contribution in [0.3, 0.4) is 0 Å². The van der Waals surface area contributed by atoms with E-state index in [0.717, 1.165) is 43.5 Å². The second kappa shape index (κ2) is 6.20. The Balaban J connectivity index is 1.56. The molecule has 0 bridgehead atoms. The number of fused-ring (bicyclic) bond motifs is 1. The maximum absolute atomic E-state index is 13.5. The fraction of sp³-hybridized carbons (Fsp3) is 0.278. The average molecular weight is 329 g/mol. The first kappa shape index (κ1) is 15.1. The summed E-state index contributed by atoms with van der Waals surface area (Å²) in [6.07, 6.45) is 5.44. The zero-order valence-corrected chi connectivity index (χ0v) is 13.0. The van der Waals surface area contributed by atoms with Crippen molar-refractivity contribution in [1.29, 1.82) is 0 Å². The van der Waals surface area contributed by atoms with Crippen LogP contribution in [0, 0.1) is 11.6 Å². The molecule has 0 radical (unpaired) electrons. The maximum Gasteiger partial charge on any atom is 0.160 e. The van der Waals surface area contributed by atoms with E-state index in [9.17, 15) is 8.78 Å². The van der Waals surface area contributed by atoms with Gasteiger partial charge in [0.1, 0.15) is 0 Å². The minimum atomic E-state index is -0.863. The van der Waals surface area contributed by atoms with E-state index in [1.165, 1.54) is 6.07 Å². The van der Waals surface area contributed by atoms with Crippen molar-refractivity contribution in [3.63, 3.8) is 0 Å². The van der Waals surface area contributed by atoms with E-state index in [4.69, 9.17) is 4.74 Å². The predicted octanol–water partition coefficient (Wildman–Crippen LogP) is 4.48. The molecule has 2 aromatic heterocycles. The van der Waals surface area contributed by atoms with Crippen LogP contribution in [0.2, 0.25) is 0 Å². The molecule has 24 heavy (non-hydrogen) atoms. The Hall–Kier alpha value is -2.47. The van der Waals surface area contributed by atoms with Crippen LogP contribution >= 0.6 is 0 Å².